The van der Waals surface area contributed by atoms with E-state index in [9.17, 15) is 14.4 Å². The van der Waals surface area contributed by atoms with E-state index in [1.54, 1.807) is 0 Å². The van der Waals surface area contributed by atoms with Crippen molar-refractivity contribution in [3.8, 4) is 0 Å². The van der Waals surface area contributed by atoms with Crippen molar-refractivity contribution < 1.29 is 28.6 Å². The molecule has 0 saturated heterocycles. The molecule has 0 amide bonds. The summed E-state index contributed by atoms with van der Waals surface area (Å²) in [5.74, 6) is -0.871. The van der Waals surface area contributed by atoms with E-state index >= 15 is 0 Å². The number of ether oxygens (including phenoxy) is 3. The van der Waals surface area contributed by atoms with E-state index in [1.807, 2.05) is 0 Å². The number of hydrogen-bond donors (Lipinski definition) is 0. The average Bonchev–Trinajstić information content (AvgIpc) is 3.22. The molecule has 0 aromatic heterocycles. The van der Waals surface area contributed by atoms with Gasteiger partial charge >= 0.3 is 17.9 Å². The summed E-state index contributed by atoms with van der Waals surface area (Å²) >= 11 is 0. The molecule has 1 unspecified atom stereocenters. The maximum absolute atomic E-state index is 12.7. The van der Waals surface area contributed by atoms with Gasteiger partial charge in [0, 0.05) is 19.3 Å². The van der Waals surface area contributed by atoms with Crippen molar-refractivity contribution in [1.29, 1.82) is 0 Å². The van der Waals surface area contributed by atoms with Crippen LogP contribution in [0.3, 0.4) is 0 Å². The summed E-state index contributed by atoms with van der Waals surface area (Å²) in [7, 11) is 0. The van der Waals surface area contributed by atoms with Crippen LogP contribution in [0.15, 0.2) is 12.2 Å². The molecule has 1 atom stereocenters. The maximum Gasteiger partial charge on any atom is 0.306 e. The SMILES string of the molecule is CCCCC/C=C\CCCCCCCC(=O)OC(COC(=O)CCCCCCCCC)COC(=O)CCCCCCCCCCCCCCCCCCCCCCC. The molecule has 0 aliphatic heterocycles. The van der Waals surface area contributed by atoms with Gasteiger partial charge in [0.15, 0.2) is 6.10 Å². The Kier molecular flexibility index (Phi) is 46.3. The van der Waals surface area contributed by atoms with Gasteiger partial charge < -0.3 is 14.2 Å². The number of carbonyl (C=O) groups excluding carboxylic acids is 3. The molecule has 6 nitrogen and oxygen atoms in total. The summed E-state index contributed by atoms with van der Waals surface area (Å²) in [4.78, 5) is 37.7. The Morgan fingerprint density at radius 2 is 0.569 bits per heavy atom. The fraction of sp³-hybridized carbons (Fsp3) is 0.904. The van der Waals surface area contributed by atoms with Gasteiger partial charge in [0.25, 0.3) is 0 Å². The lowest BCUT2D eigenvalue weighted by Crippen LogP contribution is -2.30. The van der Waals surface area contributed by atoms with Gasteiger partial charge in [-0.25, -0.2) is 0 Å². The van der Waals surface area contributed by atoms with Gasteiger partial charge in [-0.1, -0.05) is 232 Å². The normalized spacial score (nSPS) is 12.0. The van der Waals surface area contributed by atoms with E-state index in [2.05, 4.69) is 32.9 Å². The summed E-state index contributed by atoms with van der Waals surface area (Å²) in [5.41, 5.74) is 0. The van der Waals surface area contributed by atoms with Crippen LogP contribution in [0.5, 0.6) is 0 Å². The third kappa shape index (κ3) is 45.2. The molecule has 0 aromatic rings. The highest BCUT2D eigenvalue weighted by atomic mass is 16.6. The second kappa shape index (κ2) is 47.8. The first kappa shape index (κ1) is 56.1. The first-order valence-electron chi connectivity index (χ1n) is 25.7. The van der Waals surface area contributed by atoms with E-state index in [0.29, 0.717) is 19.3 Å². The molecule has 0 fully saturated rings. The zero-order valence-electron chi connectivity index (χ0n) is 39.1. The van der Waals surface area contributed by atoms with Crippen LogP contribution in [0.1, 0.15) is 284 Å². The highest BCUT2D eigenvalue weighted by Crippen LogP contribution is 2.16. The van der Waals surface area contributed by atoms with E-state index in [4.69, 9.17) is 14.2 Å². The molecule has 342 valence electrons. The summed E-state index contributed by atoms with van der Waals surface area (Å²) in [6.07, 6.45) is 52.2. The van der Waals surface area contributed by atoms with Crippen LogP contribution in [0, 0.1) is 0 Å². The van der Waals surface area contributed by atoms with Crippen LogP contribution >= 0.6 is 0 Å². The Morgan fingerprint density at radius 1 is 0.328 bits per heavy atom. The zero-order valence-corrected chi connectivity index (χ0v) is 39.1. The van der Waals surface area contributed by atoms with Gasteiger partial charge in [-0.15, -0.1) is 0 Å². The average molecular weight is 819 g/mol. The molecule has 0 radical (unpaired) electrons. The molecular formula is C52H98O6. The Morgan fingerprint density at radius 3 is 0.897 bits per heavy atom. The van der Waals surface area contributed by atoms with Crippen LogP contribution in [0.25, 0.3) is 0 Å². The van der Waals surface area contributed by atoms with Crippen LogP contribution < -0.4 is 0 Å². The topological polar surface area (TPSA) is 78.9 Å². The third-order valence-electron chi connectivity index (χ3n) is 11.5. The molecule has 0 N–H and O–H groups in total. The van der Waals surface area contributed by atoms with Gasteiger partial charge in [0.2, 0.25) is 0 Å². The molecule has 0 bridgehead atoms. The van der Waals surface area contributed by atoms with Gasteiger partial charge in [-0.3, -0.25) is 14.4 Å². The minimum atomic E-state index is -0.765. The van der Waals surface area contributed by atoms with Crippen LogP contribution in [0.2, 0.25) is 0 Å². The van der Waals surface area contributed by atoms with Crippen molar-refractivity contribution in [2.45, 2.75) is 290 Å². The molecule has 0 aliphatic carbocycles. The molecule has 0 heterocycles. The highest BCUT2D eigenvalue weighted by Gasteiger charge is 2.19. The molecule has 0 spiro atoms. The second-order valence-electron chi connectivity index (χ2n) is 17.4. The van der Waals surface area contributed by atoms with Crippen molar-refractivity contribution in [3.05, 3.63) is 12.2 Å². The predicted molar refractivity (Wildman–Crippen MR) is 247 cm³/mol. The molecular weight excluding hydrogens is 721 g/mol. The fourth-order valence-electron chi connectivity index (χ4n) is 7.61. The zero-order chi connectivity index (χ0) is 42.3. The first-order valence-corrected chi connectivity index (χ1v) is 25.7. The number of allylic oxidation sites excluding steroid dienone is 2. The van der Waals surface area contributed by atoms with E-state index in [-0.39, 0.29) is 31.1 Å². The van der Waals surface area contributed by atoms with E-state index in [0.717, 1.165) is 64.2 Å². The number of carbonyl (C=O) groups is 3. The lowest BCUT2D eigenvalue weighted by molar-refractivity contribution is -0.167. The molecule has 0 aliphatic rings. The number of hydrogen-bond acceptors (Lipinski definition) is 6. The number of rotatable bonds is 47. The third-order valence-corrected chi connectivity index (χ3v) is 11.5. The lowest BCUT2D eigenvalue weighted by Gasteiger charge is -2.18. The Hall–Kier alpha value is -1.85. The monoisotopic (exact) mass is 819 g/mol. The quantitative estimate of drug-likeness (QED) is 0.0263. The Labute approximate surface area is 360 Å². The first-order chi connectivity index (χ1) is 28.5. The van der Waals surface area contributed by atoms with Gasteiger partial charge in [-0.2, -0.15) is 0 Å². The van der Waals surface area contributed by atoms with Gasteiger partial charge in [-0.05, 0) is 44.9 Å². The van der Waals surface area contributed by atoms with E-state index < -0.39 is 6.10 Å². The number of esters is 3. The summed E-state index contributed by atoms with van der Waals surface area (Å²) in [6.45, 7) is 6.60. The molecule has 0 aromatic carbocycles. The summed E-state index contributed by atoms with van der Waals surface area (Å²) in [5, 5.41) is 0. The smallest absolute Gasteiger partial charge is 0.306 e. The lowest BCUT2D eigenvalue weighted by atomic mass is 10.0. The van der Waals surface area contributed by atoms with Crippen molar-refractivity contribution in [2.75, 3.05) is 13.2 Å². The second-order valence-corrected chi connectivity index (χ2v) is 17.4. The molecule has 6 heteroatoms. The maximum atomic E-state index is 12.7. The Bertz CT molecular complexity index is 900. The standard InChI is InChI=1S/C52H98O6/c1-4-7-10-13-16-18-20-22-23-24-25-26-27-28-29-30-32-33-36-39-42-45-51(54)57-48-49(47-56-50(53)44-41-38-35-15-12-9-6-3)58-52(55)46-43-40-37-34-31-21-19-17-14-11-8-5-2/h17,19,49H,4-16,18,20-48H2,1-3H3/b19-17-. The molecule has 0 rings (SSSR count). The predicted octanol–water partition coefficient (Wildman–Crippen LogP) is 16.6. The van der Waals surface area contributed by atoms with Crippen LogP contribution in [-0.2, 0) is 28.6 Å². The minimum Gasteiger partial charge on any atom is -0.462 e. The van der Waals surface area contributed by atoms with Crippen LogP contribution in [0.4, 0.5) is 0 Å². The number of unbranched alkanes of at least 4 members (excludes halogenated alkanes) is 34. The Balaban J connectivity index is 4.13. The van der Waals surface area contributed by atoms with Crippen molar-refractivity contribution >= 4 is 17.9 Å². The van der Waals surface area contributed by atoms with Crippen molar-refractivity contribution in [1.82, 2.24) is 0 Å². The largest absolute Gasteiger partial charge is 0.462 e. The van der Waals surface area contributed by atoms with Gasteiger partial charge in [0.05, 0.1) is 0 Å². The van der Waals surface area contributed by atoms with Crippen LogP contribution in [-0.4, -0.2) is 37.2 Å². The van der Waals surface area contributed by atoms with Crippen molar-refractivity contribution in [3.63, 3.8) is 0 Å². The summed E-state index contributed by atoms with van der Waals surface area (Å²) in [6, 6.07) is 0. The van der Waals surface area contributed by atoms with E-state index in [1.165, 1.54) is 180 Å². The fourth-order valence-corrected chi connectivity index (χ4v) is 7.61. The molecule has 58 heavy (non-hydrogen) atoms. The van der Waals surface area contributed by atoms with Crippen molar-refractivity contribution in [2.24, 2.45) is 0 Å². The minimum absolute atomic E-state index is 0.0689. The molecule has 0 saturated carbocycles. The summed E-state index contributed by atoms with van der Waals surface area (Å²) < 4.78 is 16.7. The highest BCUT2D eigenvalue weighted by molar-refractivity contribution is 5.71. The van der Waals surface area contributed by atoms with Gasteiger partial charge in [0.1, 0.15) is 13.2 Å².